The van der Waals surface area contributed by atoms with Crippen molar-refractivity contribution in [3.63, 3.8) is 0 Å². The van der Waals surface area contributed by atoms with Crippen molar-refractivity contribution in [2.75, 3.05) is 6.54 Å². The molecule has 1 saturated heterocycles. The second-order valence-electron chi connectivity index (χ2n) is 4.18. The molecule has 5 nitrogen and oxygen atoms in total. The number of alkyl carbamates (subject to hydrolysis) is 1. The molecule has 0 aliphatic carbocycles. The fraction of sp³-hybridized carbons (Fsp3) is 0.333. The molecular weight excluding hydrogens is 222 g/mol. The Hall–Kier alpha value is -2.04. The summed E-state index contributed by atoms with van der Waals surface area (Å²) in [6.07, 6.45) is 0.140. The van der Waals surface area contributed by atoms with Gasteiger partial charge < -0.3 is 15.2 Å². The van der Waals surface area contributed by atoms with Crippen LogP contribution in [0.3, 0.4) is 0 Å². The van der Waals surface area contributed by atoms with Gasteiger partial charge >= 0.3 is 12.1 Å². The van der Waals surface area contributed by atoms with E-state index in [0.717, 1.165) is 0 Å². The first-order valence-corrected chi connectivity index (χ1v) is 5.32. The van der Waals surface area contributed by atoms with E-state index in [0.29, 0.717) is 18.5 Å². The van der Waals surface area contributed by atoms with Crippen molar-refractivity contribution in [1.29, 1.82) is 0 Å². The number of carbonyl (C=O) groups excluding carboxylic acids is 1. The van der Waals surface area contributed by atoms with Crippen molar-refractivity contribution in [2.45, 2.75) is 18.9 Å². The van der Waals surface area contributed by atoms with Crippen LogP contribution in [0.2, 0.25) is 0 Å². The predicted molar refractivity (Wildman–Crippen MR) is 59.9 cm³/mol. The Bertz CT molecular complexity index is 471. The number of hydrogen-bond donors (Lipinski definition) is 2. The van der Waals surface area contributed by atoms with Gasteiger partial charge in [0.1, 0.15) is 5.60 Å². The Labute approximate surface area is 98.4 Å². The average molecular weight is 235 g/mol. The average Bonchev–Trinajstić information content (AvgIpc) is 2.29. The first kappa shape index (κ1) is 11.4. The molecule has 2 rings (SSSR count). The number of hydrogen-bond acceptors (Lipinski definition) is 3. The maximum Gasteiger partial charge on any atom is 0.408 e. The molecular formula is C12H13NO4. The molecule has 17 heavy (non-hydrogen) atoms. The third kappa shape index (κ3) is 2.22. The summed E-state index contributed by atoms with van der Waals surface area (Å²) >= 11 is 0. The summed E-state index contributed by atoms with van der Waals surface area (Å²) in [5.41, 5.74) is 0.138. The van der Waals surface area contributed by atoms with Crippen LogP contribution in [0, 0.1) is 0 Å². The molecule has 1 fully saturated rings. The molecule has 90 valence electrons. The molecule has 1 aromatic rings. The van der Waals surface area contributed by atoms with Gasteiger partial charge in [-0.15, -0.1) is 0 Å². The Morgan fingerprint density at radius 1 is 1.53 bits per heavy atom. The summed E-state index contributed by atoms with van der Waals surface area (Å²) in [5, 5.41) is 11.5. The van der Waals surface area contributed by atoms with E-state index in [2.05, 4.69) is 5.32 Å². The lowest BCUT2D eigenvalue weighted by molar-refractivity contribution is -0.00276. The van der Waals surface area contributed by atoms with Crippen molar-refractivity contribution in [3.8, 4) is 0 Å². The SMILES string of the molecule is CC1(c2cccc(C(=O)O)c2)CCNC(=O)O1. The van der Waals surface area contributed by atoms with Crippen LogP contribution in [-0.4, -0.2) is 23.7 Å². The van der Waals surface area contributed by atoms with Gasteiger partial charge in [-0.25, -0.2) is 9.59 Å². The summed E-state index contributed by atoms with van der Waals surface area (Å²) < 4.78 is 5.25. The molecule has 0 aromatic heterocycles. The summed E-state index contributed by atoms with van der Waals surface area (Å²) in [7, 11) is 0. The quantitative estimate of drug-likeness (QED) is 0.818. The highest BCUT2D eigenvalue weighted by molar-refractivity contribution is 5.87. The Morgan fingerprint density at radius 2 is 2.29 bits per heavy atom. The van der Waals surface area contributed by atoms with Crippen molar-refractivity contribution in [2.24, 2.45) is 0 Å². The van der Waals surface area contributed by atoms with Gasteiger partial charge in [-0.3, -0.25) is 0 Å². The van der Waals surface area contributed by atoms with E-state index in [1.807, 2.05) is 0 Å². The zero-order chi connectivity index (χ0) is 12.5. The minimum absolute atomic E-state index is 0.193. The standard InChI is InChI=1S/C12H13NO4/c1-12(5-6-13-11(16)17-12)9-4-2-3-8(7-9)10(14)15/h2-4,7H,5-6H2,1H3,(H,13,16)(H,14,15). The minimum atomic E-state index is -0.990. The van der Waals surface area contributed by atoms with Crippen LogP contribution < -0.4 is 5.32 Å². The molecule has 2 N–H and O–H groups in total. The lowest BCUT2D eigenvalue weighted by atomic mass is 9.90. The molecule has 1 aliphatic heterocycles. The summed E-state index contributed by atoms with van der Waals surface area (Å²) in [5.74, 6) is -0.990. The zero-order valence-electron chi connectivity index (χ0n) is 9.40. The van der Waals surface area contributed by atoms with Crippen LogP contribution in [0.5, 0.6) is 0 Å². The number of rotatable bonds is 2. The number of cyclic esters (lactones) is 1. The number of benzene rings is 1. The van der Waals surface area contributed by atoms with Crippen molar-refractivity contribution < 1.29 is 19.4 Å². The summed E-state index contributed by atoms with van der Waals surface area (Å²) in [4.78, 5) is 22.1. The topological polar surface area (TPSA) is 75.6 Å². The fourth-order valence-corrected chi connectivity index (χ4v) is 1.88. The highest BCUT2D eigenvalue weighted by Gasteiger charge is 2.34. The largest absolute Gasteiger partial charge is 0.478 e. The van der Waals surface area contributed by atoms with Gasteiger partial charge in [-0.2, -0.15) is 0 Å². The fourth-order valence-electron chi connectivity index (χ4n) is 1.88. The Kier molecular flexibility index (Phi) is 2.75. The third-order valence-corrected chi connectivity index (χ3v) is 2.91. The van der Waals surface area contributed by atoms with Gasteiger partial charge in [0, 0.05) is 13.0 Å². The second kappa shape index (κ2) is 4.08. The number of amides is 1. The third-order valence-electron chi connectivity index (χ3n) is 2.91. The molecule has 0 bridgehead atoms. The normalized spacial score (nSPS) is 23.7. The molecule has 0 saturated carbocycles. The summed E-state index contributed by atoms with van der Waals surface area (Å²) in [6, 6.07) is 6.48. The maximum absolute atomic E-state index is 11.2. The van der Waals surface area contributed by atoms with Crippen LogP contribution in [0.1, 0.15) is 29.3 Å². The van der Waals surface area contributed by atoms with Crippen LogP contribution in [0.25, 0.3) is 0 Å². The highest BCUT2D eigenvalue weighted by Crippen LogP contribution is 2.31. The molecule has 1 amide bonds. The number of aromatic carboxylic acids is 1. The van der Waals surface area contributed by atoms with E-state index in [9.17, 15) is 9.59 Å². The lowest BCUT2D eigenvalue weighted by Gasteiger charge is -2.34. The van der Waals surface area contributed by atoms with Gasteiger partial charge in [0.15, 0.2) is 0 Å². The van der Waals surface area contributed by atoms with Gasteiger partial charge in [0.25, 0.3) is 0 Å². The molecule has 1 atom stereocenters. The Morgan fingerprint density at radius 3 is 2.94 bits per heavy atom. The number of ether oxygens (including phenoxy) is 1. The Balaban J connectivity index is 2.35. The number of nitrogens with one attached hydrogen (secondary N) is 1. The van der Waals surface area contributed by atoms with Crippen LogP contribution in [0.15, 0.2) is 24.3 Å². The van der Waals surface area contributed by atoms with Gasteiger partial charge in [-0.1, -0.05) is 12.1 Å². The van der Waals surface area contributed by atoms with Gasteiger partial charge in [-0.05, 0) is 24.6 Å². The van der Waals surface area contributed by atoms with Crippen molar-refractivity contribution >= 4 is 12.1 Å². The number of carboxylic acids is 1. The lowest BCUT2D eigenvalue weighted by Crippen LogP contribution is -2.43. The zero-order valence-corrected chi connectivity index (χ0v) is 9.40. The van der Waals surface area contributed by atoms with E-state index < -0.39 is 17.7 Å². The monoisotopic (exact) mass is 235 g/mol. The van der Waals surface area contributed by atoms with Gasteiger partial charge in [0.2, 0.25) is 0 Å². The van der Waals surface area contributed by atoms with E-state index >= 15 is 0 Å². The van der Waals surface area contributed by atoms with Crippen molar-refractivity contribution in [3.05, 3.63) is 35.4 Å². The highest BCUT2D eigenvalue weighted by atomic mass is 16.6. The molecule has 1 aliphatic rings. The van der Waals surface area contributed by atoms with E-state index in [4.69, 9.17) is 9.84 Å². The predicted octanol–water partition coefficient (Wildman–Crippen LogP) is 1.73. The molecule has 5 heteroatoms. The van der Waals surface area contributed by atoms with Crippen LogP contribution >= 0.6 is 0 Å². The molecule has 1 heterocycles. The van der Waals surface area contributed by atoms with Crippen LogP contribution in [-0.2, 0) is 10.3 Å². The first-order valence-electron chi connectivity index (χ1n) is 5.32. The van der Waals surface area contributed by atoms with E-state index in [-0.39, 0.29) is 5.56 Å². The molecule has 1 unspecified atom stereocenters. The van der Waals surface area contributed by atoms with Gasteiger partial charge in [0.05, 0.1) is 5.56 Å². The molecule has 0 spiro atoms. The number of carbonyl (C=O) groups is 2. The minimum Gasteiger partial charge on any atom is -0.478 e. The molecule has 0 radical (unpaired) electrons. The van der Waals surface area contributed by atoms with Crippen LogP contribution in [0.4, 0.5) is 4.79 Å². The smallest absolute Gasteiger partial charge is 0.408 e. The first-order chi connectivity index (χ1) is 8.01. The van der Waals surface area contributed by atoms with Crippen molar-refractivity contribution in [1.82, 2.24) is 5.32 Å². The van der Waals surface area contributed by atoms with E-state index in [1.165, 1.54) is 6.07 Å². The summed E-state index contributed by atoms with van der Waals surface area (Å²) in [6.45, 7) is 2.30. The second-order valence-corrected chi connectivity index (χ2v) is 4.18. The maximum atomic E-state index is 11.2. The van der Waals surface area contributed by atoms with E-state index in [1.54, 1.807) is 25.1 Å². The number of carboxylic acid groups (broad SMARTS) is 1. The molecule has 1 aromatic carbocycles.